The quantitative estimate of drug-likeness (QED) is 0.640. The Labute approximate surface area is 144 Å². The zero-order valence-corrected chi connectivity index (χ0v) is 15.5. The van der Waals surface area contributed by atoms with Crippen LogP contribution in [0.25, 0.3) is 0 Å². The number of likely N-dealkylation sites (tertiary alicyclic amines) is 1. The molecule has 1 saturated heterocycles. The number of guanidine groups is 1. The van der Waals surface area contributed by atoms with Gasteiger partial charge in [-0.3, -0.25) is 4.79 Å². The van der Waals surface area contributed by atoms with E-state index < -0.39 is 0 Å². The standard InChI is InChI=1S/C18H30N4O2/c1-6-19-18(20-10-15-9-13(4)24-14(15)5)21-16-7-8-22(11-16)17(23)12(2)3/h9,12,16H,6-8,10-11H2,1-5H3,(H2,19,20,21). The predicted octanol–water partition coefficient (Wildman–Crippen LogP) is 2.21. The molecule has 2 heterocycles. The highest BCUT2D eigenvalue weighted by molar-refractivity contribution is 5.81. The number of hydrogen-bond acceptors (Lipinski definition) is 3. The molecule has 1 aliphatic heterocycles. The van der Waals surface area contributed by atoms with Crippen molar-refractivity contribution in [3.63, 3.8) is 0 Å². The van der Waals surface area contributed by atoms with E-state index in [2.05, 4.69) is 15.6 Å². The van der Waals surface area contributed by atoms with E-state index in [1.165, 1.54) is 0 Å². The van der Waals surface area contributed by atoms with Gasteiger partial charge in [-0.05, 0) is 33.3 Å². The highest BCUT2D eigenvalue weighted by Gasteiger charge is 2.27. The highest BCUT2D eigenvalue weighted by atomic mass is 16.3. The third kappa shape index (κ3) is 4.76. The van der Waals surface area contributed by atoms with Gasteiger partial charge < -0.3 is 20.0 Å². The van der Waals surface area contributed by atoms with Gasteiger partial charge in [0.1, 0.15) is 11.5 Å². The Morgan fingerprint density at radius 3 is 2.79 bits per heavy atom. The van der Waals surface area contributed by atoms with Crippen molar-refractivity contribution in [1.29, 1.82) is 0 Å². The van der Waals surface area contributed by atoms with Crippen LogP contribution in [0.1, 0.15) is 44.3 Å². The van der Waals surface area contributed by atoms with Crippen LogP contribution < -0.4 is 10.6 Å². The zero-order chi connectivity index (χ0) is 17.7. The molecule has 1 aromatic rings. The zero-order valence-electron chi connectivity index (χ0n) is 15.5. The molecule has 1 unspecified atom stereocenters. The first-order valence-corrected chi connectivity index (χ1v) is 8.80. The first-order valence-electron chi connectivity index (χ1n) is 8.80. The molecule has 0 bridgehead atoms. The topological polar surface area (TPSA) is 69.9 Å². The molecule has 1 aliphatic rings. The van der Waals surface area contributed by atoms with Crippen molar-refractivity contribution < 1.29 is 9.21 Å². The van der Waals surface area contributed by atoms with Crippen molar-refractivity contribution in [3.8, 4) is 0 Å². The fourth-order valence-electron chi connectivity index (χ4n) is 2.96. The number of aliphatic imine (C=N–C) groups is 1. The Morgan fingerprint density at radius 2 is 2.21 bits per heavy atom. The predicted molar refractivity (Wildman–Crippen MR) is 96.0 cm³/mol. The maximum atomic E-state index is 12.1. The number of carbonyl (C=O) groups excluding carboxylic acids is 1. The van der Waals surface area contributed by atoms with Crippen molar-refractivity contribution >= 4 is 11.9 Å². The van der Waals surface area contributed by atoms with Gasteiger partial charge in [0.15, 0.2) is 5.96 Å². The van der Waals surface area contributed by atoms with Crippen molar-refractivity contribution in [3.05, 3.63) is 23.2 Å². The molecule has 6 heteroatoms. The number of rotatable bonds is 5. The van der Waals surface area contributed by atoms with Crippen molar-refractivity contribution in [2.24, 2.45) is 10.9 Å². The second-order valence-corrected chi connectivity index (χ2v) is 6.70. The fraction of sp³-hybridized carbons (Fsp3) is 0.667. The summed E-state index contributed by atoms with van der Waals surface area (Å²) in [5, 5.41) is 6.73. The lowest BCUT2D eigenvalue weighted by Crippen LogP contribution is -2.45. The molecule has 0 spiro atoms. The molecule has 0 aliphatic carbocycles. The van der Waals surface area contributed by atoms with Crippen LogP contribution in [-0.2, 0) is 11.3 Å². The van der Waals surface area contributed by atoms with Crippen LogP contribution >= 0.6 is 0 Å². The van der Waals surface area contributed by atoms with Gasteiger partial charge >= 0.3 is 0 Å². The van der Waals surface area contributed by atoms with E-state index in [-0.39, 0.29) is 17.9 Å². The van der Waals surface area contributed by atoms with E-state index in [1.807, 2.05) is 45.6 Å². The molecule has 2 N–H and O–H groups in total. The summed E-state index contributed by atoms with van der Waals surface area (Å²) in [6.07, 6.45) is 0.951. The molecule has 1 fully saturated rings. The summed E-state index contributed by atoms with van der Waals surface area (Å²) in [6.45, 7) is 12.8. The second kappa shape index (κ2) is 8.22. The number of furan rings is 1. The van der Waals surface area contributed by atoms with Crippen LogP contribution in [-0.4, -0.2) is 42.4 Å². The summed E-state index contributed by atoms with van der Waals surface area (Å²) < 4.78 is 5.55. The summed E-state index contributed by atoms with van der Waals surface area (Å²) in [7, 11) is 0. The number of nitrogens with zero attached hydrogens (tertiary/aromatic N) is 2. The van der Waals surface area contributed by atoms with Crippen molar-refractivity contribution in [1.82, 2.24) is 15.5 Å². The summed E-state index contributed by atoms with van der Waals surface area (Å²) in [6, 6.07) is 2.28. The van der Waals surface area contributed by atoms with E-state index in [0.29, 0.717) is 6.54 Å². The second-order valence-electron chi connectivity index (χ2n) is 6.70. The minimum Gasteiger partial charge on any atom is -0.466 e. The number of hydrogen-bond donors (Lipinski definition) is 2. The van der Waals surface area contributed by atoms with Gasteiger partial charge in [0.25, 0.3) is 0 Å². The number of carbonyl (C=O) groups is 1. The lowest BCUT2D eigenvalue weighted by Gasteiger charge is -2.20. The Bertz CT molecular complexity index is 592. The molecule has 1 atom stereocenters. The third-order valence-electron chi connectivity index (χ3n) is 4.23. The fourth-order valence-corrected chi connectivity index (χ4v) is 2.96. The van der Waals surface area contributed by atoms with Crippen LogP contribution in [0.15, 0.2) is 15.5 Å². The molecule has 134 valence electrons. The molecular formula is C18H30N4O2. The Kier molecular flexibility index (Phi) is 6.29. The average molecular weight is 334 g/mol. The van der Waals surface area contributed by atoms with Crippen LogP contribution in [0.4, 0.5) is 0 Å². The highest BCUT2D eigenvalue weighted by Crippen LogP contribution is 2.15. The first kappa shape index (κ1) is 18.4. The van der Waals surface area contributed by atoms with Gasteiger partial charge in [-0.2, -0.15) is 0 Å². The van der Waals surface area contributed by atoms with E-state index in [9.17, 15) is 4.79 Å². The Hall–Kier alpha value is -1.98. The molecule has 0 radical (unpaired) electrons. The number of nitrogens with one attached hydrogen (secondary N) is 2. The van der Waals surface area contributed by atoms with Gasteiger partial charge in [0, 0.05) is 37.2 Å². The van der Waals surface area contributed by atoms with Crippen molar-refractivity contribution in [2.75, 3.05) is 19.6 Å². The minimum atomic E-state index is 0.0537. The molecule has 0 saturated carbocycles. The summed E-state index contributed by atoms with van der Waals surface area (Å²) >= 11 is 0. The molecule has 24 heavy (non-hydrogen) atoms. The van der Waals surface area contributed by atoms with Gasteiger partial charge in [0.2, 0.25) is 5.91 Å². The molecule has 2 rings (SSSR count). The van der Waals surface area contributed by atoms with E-state index in [0.717, 1.165) is 49.1 Å². The maximum absolute atomic E-state index is 12.1. The smallest absolute Gasteiger partial charge is 0.225 e. The van der Waals surface area contributed by atoms with Crippen LogP contribution in [0, 0.1) is 19.8 Å². The Balaban J connectivity index is 1.95. The lowest BCUT2D eigenvalue weighted by molar-refractivity contribution is -0.133. The summed E-state index contributed by atoms with van der Waals surface area (Å²) in [5.41, 5.74) is 1.10. The SMILES string of the molecule is CCNC(=NCc1cc(C)oc1C)NC1CCN(C(=O)C(C)C)C1. The maximum Gasteiger partial charge on any atom is 0.225 e. The summed E-state index contributed by atoms with van der Waals surface area (Å²) in [4.78, 5) is 18.7. The average Bonchev–Trinajstić information content (AvgIpc) is 3.10. The van der Waals surface area contributed by atoms with Crippen LogP contribution in [0.2, 0.25) is 0 Å². The molecule has 6 nitrogen and oxygen atoms in total. The normalized spacial score (nSPS) is 18.3. The van der Waals surface area contributed by atoms with Crippen LogP contribution in [0.3, 0.4) is 0 Å². The third-order valence-corrected chi connectivity index (χ3v) is 4.23. The minimum absolute atomic E-state index is 0.0537. The molecular weight excluding hydrogens is 304 g/mol. The van der Waals surface area contributed by atoms with Gasteiger partial charge in [0.05, 0.1) is 6.54 Å². The van der Waals surface area contributed by atoms with Crippen molar-refractivity contribution in [2.45, 2.75) is 53.6 Å². The number of amides is 1. The van der Waals surface area contributed by atoms with Gasteiger partial charge in [-0.15, -0.1) is 0 Å². The van der Waals surface area contributed by atoms with E-state index >= 15 is 0 Å². The largest absolute Gasteiger partial charge is 0.466 e. The summed E-state index contributed by atoms with van der Waals surface area (Å²) in [5.74, 6) is 2.90. The van der Waals surface area contributed by atoms with Gasteiger partial charge in [-0.25, -0.2) is 4.99 Å². The van der Waals surface area contributed by atoms with Gasteiger partial charge in [-0.1, -0.05) is 13.8 Å². The van der Waals surface area contributed by atoms with E-state index in [1.54, 1.807) is 0 Å². The number of aryl methyl sites for hydroxylation is 2. The van der Waals surface area contributed by atoms with E-state index in [4.69, 9.17) is 4.42 Å². The first-order chi connectivity index (χ1) is 11.4. The molecule has 1 amide bonds. The monoisotopic (exact) mass is 334 g/mol. The van der Waals surface area contributed by atoms with Crippen LogP contribution in [0.5, 0.6) is 0 Å². The molecule has 1 aromatic heterocycles. The lowest BCUT2D eigenvalue weighted by atomic mass is 10.2. The molecule has 0 aromatic carbocycles. The Morgan fingerprint density at radius 1 is 1.46 bits per heavy atom.